The van der Waals surface area contributed by atoms with E-state index in [1.807, 2.05) is 23.2 Å². The van der Waals surface area contributed by atoms with Gasteiger partial charge < -0.3 is 9.64 Å². The molecule has 0 spiro atoms. The molecule has 2 aliphatic heterocycles. The number of carbonyl (C=O) groups is 1. The zero-order chi connectivity index (χ0) is 13.9. The molecule has 2 aliphatic rings. The number of rotatable bonds is 2. The van der Waals surface area contributed by atoms with Crippen LogP contribution in [0.1, 0.15) is 30.2 Å². The van der Waals surface area contributed by atoms with Gasteiger partial charge in [-0.15, -0.1) is 11.3 Å². The first-order valence-electron chi connectivity index (χ1n) is 7.49. The second-order valence-electron chi connectivity index (χ2n) is 5.51. The zero-order valence-corrected chi connectivity index (χ0v) is 12.8. The van der Waals surface area contributed by atoms with Gasteiger partial charge in [0.2, 0.25) is 0 Å². The standard InChI is InChI=1S/C15H22N2O2S/c1-2-19-15(18)16-8-4-13(5-9-16)17-7-3-12-6-10-20-14(12)11-17/h6,10,13H,2-5,7-9,11H2,1H3. The molecule has 1 saturated heterocycles. The first-order chi connectivity index (χ1) is 9.78. The van der Waals surface area contributed by atoms with Crippen molar-refractivity contribution in [2.75, 3.05) is 26.2 Å². The minimum absolute atomic E-state index is 0.148. The lowest BCUT2D eigenvalue weighted by Crippen LogP contribution is -2.48. The number of nitrogens with zero attached hydrogens (tertiary/aromatic N) is 2. The molecule has 110 valence electrons. The largest absolute Gasteiger partial charge is 0.450 e. The highest BCUT2D eigenvalue weighted by Crippen LogP contribution is 2.28. The molecule has 1 fully saturated rings. The van der Waals surface area contributed by atoms with Crippen LogP contribution >= 0.6 is 11.3 Å². The molecule has 0 aromatic carbocycles. The third kappa shape index (κ3) is 2.83. The molecular formula is C15H22N2O2S. The number of piperidine rings is 1. The van der Waals surface area contributed by atoms with Gasteiger partial charge >= 0.3 is 6.09 Å². The normalized spacial score (nSPS) is 20.8. The quantitative estimate of drug-likeness (QED) is 0.841. The molecular weight excluding hydrogens is 272 g/mol. The lowest BCUT2D eigenvalue weighted by Gasteiger charge is -2.39. The van der Waals surface area contributed by atoms with Crippen LogP contribution in [0.15, 0.2) is 11.4 Å². The van der Waals surface area contributed by atoms with Gasteiger partial charge in [0.1, 0.15) is 0 Å². The summed E-state index contributed by atoms with van der Waals surface area (Å²) in [5, 5.41) is 2.21. The number of likely N-dealkylation sites (tertiary alicyclic amines) is 1. The van der Waals surface area contributed by atoms with Crippen molar-refractivity contribution in [3.05, 3.63) is 21.9 Å². The van der Waals surface area contributed by atoms with Crippen LogP contribution in [0.25, 0.3) is 0 Å². The molecule has 0 atom stereocenters. The number of ether oxygens (including phenoxy) is 1. The SMILES string of the molecule is CCOC(=O)N1CCC(N2CCc3ccsc3C2)CC1. The van der Waals surface area contributed by atoms with Gasteiger partial charge in [0.05, 0.1) is 6.61 Å². The van der Waals surface area contributed by atoms with Gasteiger partial charge in [0.15, 0.2) is 0 Å². The summed E-state index contributed by atoms with van der Waals surface area (Å²) >= 11 is 1.88. The minimum Gasteiger partial charge on any atom is -0.450 e. The molecule has 0 N–H and O–H groups in total. The molecule has 0 saturated carbocycles. The van der Waals surface area contributed by atoms with E-state index in [0.717, 1.165) is 39.0 Å². The van der Waals surface area contributed by atoms with Gasteiger partial charge in [-0.25, -0.2) is 4.79 Å². The van der Waals surface area contributed by atoms with Crippen molar-refractivity contribution >= 4 is 17.4 Å². The number of amides is 1. The summed E-state index contributed by atoms with van der Waals surface area (Å²) in [4.78, 5) is 17.7. The Bertz CT molecular complexity index is 466. The van der Waals surface area contributed by atoms with Crippen molar-refractivity contribution in [3.8, 4) is 0 Å². The average Bonchev–Trinajstić information content (AvgIpc) is 2.95. The van der Waals surface area contributed by atoms with Gasteiger partial charge in [0.25, 0.3) is 0 Å². The number of thiophene rings is 1. The van der Waals surface area contributed by atoms with Crippen LogP contribution in [0.5, 0.6) is 0 Å². The molecule has 0 radical (unpaired) electrons. The van der Waals surface area contributed by atoms with Crippen molar-refractivity contribution in [2.24, 2.45) is 0 Å². The van der Waals surface area contributed by atoms with Crippen LogP contribution in [0.4, 0.5) is 4.79 Å². The molecule has 5 heteroatoms. The van der Waals surface area contributed by atoms with Crippen LogP contribution in [0.2, 0.25) is 0 Å². The van der Waals surface area contributed by atoms with Crippen molar-refractivity contribution in [3.63, 3.8) is 0 Å². The van der Waals surface area contributed by atoms with Crippen LogP contribution in [0.3, 0.4) is 0 Å². The maximum atomic E-state index is 11.7. The molecule has 0 aliphatic carbocycles. The highest BCUT2D eigenvalue weighted by Gasteiger charge is 2.29. The van der Waals surface area contributed by atoms with E-state index in [1.165, 1.54) is 16.9 Å². The summed E-state index contributed by atoms with van der Waals surface area (Å²) in [6, 6.07) is 2.89. The maximum Gasteiger partial charge on any atom is 0.409 e. The van der Waals surface area contributed by atoms with E-state index >= 15 is 0 Å². The maximum absolute atomic E-state index is 11.7. The van der Waals surface area contributed by atoms with Gasteiger partial charge in [-0.05, 0) is 43.2 Å². The molecule has 3 heterocycles. The highest BCUT2D eigenvalue weighted by atomic mass is 32.1. The predicted molar refractivity (Wildman–Crippen MR) is 80.1 cm³/mol. The molecule has 20 heavy (non-hydrogen) atoms. The molecule has 3 rings (SSSR count). The first-order valence-corrected chi connectivity index (χ1v) is 8.37. The average molecular weight is 294 g/mol. The van der Waals surface area contributed by atoms with Crippen LogP contribution in [-0.4, -0.2) is 48.2 Å². The molecule has 0 unspecified atom stereocenters. The number of carbonyl (C=O) groups excluding carboxylic acids is 1. The van der Waals surface area contributed by atoms with E-state index in [0.29, 0.717) is 12.6 Å². The monoisotopic (exact) mass is 294 g/mol. The molecule has 1 aromatic heterocycles. The predicted octanol–water partition coefficient (Wildman–Crippen LogP) is 2.73. The Morgan fingerprint density at radius 3 is 2.95 bits per heavy atom. The Kier molecular flexibility index (Phi) is 4.27. The van der Waals surface area contributed by atoms with Gasteiger partial charge in [-0.1, -0.05) is 0 Å². The fraction of sp³-hybridized carbons (Fsp3) is 0.667. The minimum atomic E-state index is -0.148. The van der Waals surface area contributed by atoms with Crippen molar-refractivity contribution in [1.29, 1.82) is 0 Å². The van der Waals surface area contributed by atoms with Gasteiger partial charge in [0, 0.05) is 37.1 Å². The van der Waals surface area contributed by atoms with E-state index in [9.17, 15) is 4.79 Å². The first kappa shape index (κ1) is 13.9. The second kappa shape index (κ2) is 6.14. The fourth-order valence-corrected chi connectivity index (χ4v) is 4.15. The van der Waals surface area contributed by atoms with Crippen LogP contribution < -0.4 is 0 Å². The summed E-state index contributed by atoms with van der Waals surface area (Å²) in [6.45, 7) is 6.24. The third-order valence-electron chi connectivity index (χ3n) is 4.36. The smallest absolute Gasteiger partial charge is 0.409 e. The Balaban J connectivity index is 1.53. The number of hydrogen-bond acceptors (Lipinski definition) is 4. The van der Waals surface area contributed by atoms with E-state index in [2.05, 4.69) is 16.3 Å². The summed E-state index contributed by atoms with van der Waals surface area (Å²) < 4.78 is 5.07. The number of fused-ring (bicyclic) bond motifs is 1. The van der Waals surface area contributed by atoms with Crippen molar-refractivity contribution in [2.45, 2.75) is 38.8 Å². The van der Waals surface area contributed by atoms with Crippen molar-refractivity contribution < 1.29 is 9.53 Å². The molecule has 0 bridgehead atoms. The van der Waals surface area contributed by atoms with E-state index < -0.39 is 0 Å². The summed E-state index contributed by atoms with van der Waals surface area (Å²) in [6.07, 6.45) is 3.17. The summed E-state index contributed by atoms with van der Waals surface area (Å²) in [5.41, 5.74) is 1.54. The second-order valence-corrected chi connectivity index (χ2v) is 6.51. The van der Waals surface area contributed by atoms with Gasteiger partial charge in [-0.2, -0.15) is 0 Å². The molecule has 1 amide bonds. The molecule has 1 aromatic rings. The van der Waals surface area contributed by atoms with Crippen LogP contribution in [0, 0.1) is 0 Å². The highest BCUT2D eigenvalue weighted by molar-refractivity contribution is 7.10. The third-order valence-corrected chi connectivity index (χ3v) is 5.31. The Morgan fingerprint density at radius 2 is 2.20 bits per heavy atom. The Labute approximate surface area is 124 Å². The van der Waals surface area contributed by atoms with E-state index in [4.69, 9.17) is 4.74 Å². The number of hydrogen-bond donors (Lipinski definition) is 0. The lowest BCUT2D eigenvalue weighted by atomic mass is 10.00. The fourth-order valence-electron chi connectivity index (χ4n) is 3.20. The summed E-state index contributed by atoms with van der Waals surface area (Å²) in [7, 11) is 0. The van der Waals surface area contributed by atoms with Gasteiger partial charge in [-0.3, -0.25) is 4.90 Å². The van der Waals surface area contributed by atoms with Crippen LogP contribution in [-0.2, 0) is 17.7 Å². The summed E-state index contributed by atoms with van der Waals surface area (Å²) in [5.74, 6) is 0. The Morgan fingerprint density at radius 1 is 1.40 bits per heavy atom. The van der Waals surface area contributed by atoms with E-state index in [-0.39, 0.29) is 6.09 Å². The molecule has 4 nitrogen and oxygen atoms in total. The lowest BCUT2D eigenvalue weighted by molar-refractivity contribution is 0.0711. The van der Waals surface area contributed by atoms with Crippen molar-refractivity contribution in [1.82, 2.24) is 9.80 Å². The Hall–Kier alpha value is -1.07. The van der Waals surface area contributed by atoms with E-state index in [1.54, 1.807) is 0 Å². The topological polar surface area (TPSA) is 32.8 Å². The zero-order valence-electron chi connectivity index (χ0n) is 12.0.